The Morgan fingerprint density at radius 2 is 2.20 bits per heavy atom. The van der Waals surface area contributed by atoms with E-state index in [-0.39, 0.29) is 19.2 Å². The van der Waals surface area contributed by atoms with Crippen molar-refractivity contribution in [2.45, 2.75) is 25.2 Å². The first-order chi connectivity index (χ1) is 9.70. The topological polar surface area (TPSA) is 71.0 Å². The number of carbonyl (C=O) groups is 1. The Bertz CT molecular complexity index is 426. The van der Waals surface area contributed by atoms with Gasteiger partial charge in [0.25, 0.3) is 0 Å². The van der Waals surface area contributed by atoms with Crippen molar-refractivity contribution in [1.29, 1.82) is 0 Å². The van der Waals surface area contributed by atoms with E-state index >= 15 is 0 Å². The van der Waals surface area contributed by atoms with E-state index in [0.717, 1.165) is 5.56 Å². The summed E-state index contributed by atoms with van der Waals surface area (Å²) in [5.74, 6) is 0. The Morgan fingerprint density at radius 1 is 1.45 bits per heavy atom. The predicted octanol–water partition coefficient (Wildman–Crippen LogP) is 0.909. The molecule has 1 aromatic carbocycles. The molecule has 2 rings (SSSR count). The third kappa shape index (κ3) is 3.93. The van der Waals surface area contributed by atoms with Gasteiger partial charge in [-0.2, -0.15) is 5.48 Å². The molecule has 1 heterocycles. The summed E-state index contributed by atoms with van der Waals surface area (Å²) < 4.78 is 5.24. The Kier molecular flexibility index (Phi) is 5.34. The number of hydrogen-bond acceptors (Lipinski definition) is 5. The first-order valence-electron chi connectivity index (χ1n) is 6.63. The molecule has 110 valence electrons. The van der Waals surface area contributed by atoms with Gasteiger partial charge in [-0.15, -0.1) is 0 Å². The van der Waals surface area contributed by atoms with E-state index in [1.165, 1.54) is 12.0 Å². The zero-order valence-electron chi connectivity index (χ0n) is 11.5. The monoisotopic (exact) mass is 280 g/mol. The fourth-order valence-corrected chi connectivity index (χ4v) is 2.20. The number of amides is 1. The highest BCUT2D eigenvalue weighted by Gasteiger charge is 2.30. The molecule has 0 radical (unpaired) electrons. The minimum Gasteiger partial charge on any atom is -0.445 e. The van der Waals surface area contributed by atoms with Crippen LogP contribution in [0.4, 0.5) is 4.79 Å². The van der Waals surface area contributed by atoms with Crippen molar-refractivity contribution in [2.75, 3.05) is 20.2 Å². The summed E-state index contributed by atoms with van der Waals surface area (Å²) in [5, 5.41) is 9.91. The second kappa shape index (κ2) is 7.23. The molecule has 0 saturated carbocycles. The first kappa shape index (κ1) is 14.8. The number of piperidine rings is 1. The third-order valence-electron chi connectivity index (χ3n) is 3.31. The number of hydrogen-bond donors (Lipinski definition) is 2. The third-order valence-corrected chi connectivity index (χ3v) is 3.31. The summed E-state index contributed by atoms with van der Waals surface area (Å²) in [7, 11) is 1.51. The van der Waals surface area contributed by atoms with Crippen molar-refractivity contribution in [3.63, 3.8) is 0 Å². The maximum absolute atomic E-state index is 11.9. The molecule has 0 aliphatic carbocycles. The number of ether oxygens (including phenoxy) is 1. The van der Waals surface area contributed by atoms with Crippen LogP contribution >= 0.6 is 0 Å². The number of benzene rings is 1. The zero-order valence-corrected chi connectivity index (χ0v) is 11.5. The summed E-state index contributed by atoms with van der Waals surface area (Å²) in [5.41, 5.74) is 3.66. The minimum absolute atomic E-state index is 0.154. The molecule has 1 aromatic rings. The van der Waals surface area contributed by atoms with Crippen LogP contribution in [0.15, 0.2) is 30.3 Å². The van der Waals surface area contributed by atoms with Crippen LogP contribution in [0.2, 0.25) is 0 Å². The summed E-state index contributed by atoms with van der Waals surface area (Å²) in [6.07, 6.45) is -0.438. The quantitative estimate of drug-likeness (QED) is 0.802. The van der Waals surface area contributed by atoms with Gasteiger partial charge in [0.2, 0.25) is 0 Å². The molecular weight excluding hydrogens is 260 g/mol. The number of likely N-dealkylation sites (tertiary alicyclic amines) is 1. The number of nitrogens with one attached hydrogen (secondary N) is 1. The lowest BCUT2D eigenvalue weighted by Crippen LogP contribution is -2.53. The number of carbonyl (C=O) groups excluding carboxylic acids is 1. The van der Waals surface area contributed by atoms with Crippen LogP contribution in [0, 0.1) is 0 Å². The lowest BCUT2D eigenvalue weighted by atomic mass is 10.0. The van der Waals surface area contributed by atoms with Gasteiger partial charge in [0.1, 0.15) is 6.61 Å². The maximum atomic E-state index is 11.9. The normalized spacial score (nSPS) is 22.6. The van der Waals surface area contributed by atoms with Gasteiger partial charge in [0.05, 0.1) is 25.8 Å². The van der Waals surface area contributed by atoms with Crippen LogP contribution in [-0.2, 0) is 16.2 Å². The molecule has 1 saturated heterocycles. The molecule has 6 heteroatoms. The molecule has 1 aliphatic rings. The van der Waals surface area contributed by atoms with E-state index < -0.39 is 12.2 Å². The maximum Gasteiger partial charge on any atom is 0.410 e. The number of nitrogens with zero attached hydrogens (tertiary/aromatic N) is 1. The molecule has 20 heavy (non-hydrogen) atoms. The fourth-order valence-electron chi connectivity index (χ4n) is 2.20. The van der Waals surface area contributed by atoms with Crippen LogP contribution in [0.25, 0.3) is 0 Å². The highest BCUT2D eigenvalue weighted by Crippen LogP contribution is 2.13. The van der Waals surface area contributed by atoms with E-state index in [4.69, 9.17) is 9.57 Å². The summed E-state index contributed by atoms with van der Waals surface area (Å²) in [4.78, 5) is 18.2. The Hall–Kier alpha value is -1.63. The molecule has 0 spiro atoms. The molecule has 6 nitrogen and oxygen atoms in total. The van der Waals surface area contributed by atoms with Crippen LogP contribution in [0.5, 0.6) is 0 Å². The summed E-state index contributed by atoms with van der Waals surface area (Å²) in [6.45, 7) is 1.02. The van der Waals surface area contributed by atoms with Gasteiger partial charge in [-0.25, -0.2) is 4.79 Å². The van der Waals surface area contributed by atoms with Crippen molar-refractivity contribution in [3.05, 3.63) is 35.9 Å². The number of aliphatic hydroxyl groups excluding tert-OH is 1. The molecule has 0 bridgehead atoms. The average Bonchev–Trinajstić information content (AvgIpc) is 2.48. The summed E-state index contributed by atoms with van der Waals surface area (Å²) in [6, 6.07) is 9.35. The first-order valence-corrected chi connectivity index (χ1v) is 6.63. The molecule has 0 unspecified atom stereocenters. The Labute approximate surface area is 118 Å². The van der Waals surface area contributed by atoms with Crippen LogP contribution < -0.4 is 5.48 Å². The van der Waals surface area contributed by atoms with E-state index in [1.807, 2.05) is 30.3 Å². The second-order valence-corrected chi connectivity index (χ2v) is 4.77. The molecule has 0 aromatic heterocycles. The predicted molar refractivity (Wildman–Crippen MR) is 72.8 cm³/mol. The van der Waals surface area contributed by atoms with Crippen LogP contribution in [0.1, 0.15) is 12.0 Å². The number of hydroxylamine groups is 1. The number of aliphatic hydroxyl groups is 1. The zero-order chi connectivity index (χ0) is 14.4. The van der Waals surface area contributed by atoms with Gasteiger partial charge in [-0.1, -0.05) is 30.3 Å². The van der Waals surface area contributed by atoms with Gasteiger partial charge in [0.15, 0.2) is 0 Å². The highest BCUT2D eigenvalue weighted by molar-refractivity contribution is 5.67. The smallest absolute Gasteiger partial charge is 0.410 e. The Balaban J connectivity index is 1.79. The van der Waals surface area contributed by atoms with Gasteiger partial charge >= 0.3 is 6.09 Å². The molecular formula is C14H20N2O4. The van der Waals surface area contributed by atoms with Crippen molar-refractivity contribution < 1.29 is 19.5 Å². The van der Waals surface area contributed by atoms with Gasteiger partial charge in [-0.05, 0) is 12.0 Å². The number of rotatable bonds is 4. The SMILES string of the molecule is CON[C@@H]1CCN(C(=O)OCc2ccccc2)C[C@H]1O. The minimum atomic E-state index is -0.659. The van der Waals surface area contributed by atoms with Crippen LogP contribution in [-0.4, -0.2) is 48.4 Å². The number of β-amino-alcohol motifs (C(OH)–C–C–N with tert-alkyl or cyclic N) is 1. The lowest BCUT2D eigenvalue weighted by Gasteiger charge is -2.35. The van der Waals surface area contributed by atoms with E-state index in [1.54, 1.807) is 0 Å². The molecule has 2 N–H and O–H groups in total. The molecule has 2 atom stereocenters. The largest absolute Gasteiger partial charge is 0.445 e. The molecule has 1 aliphatic heterocycles. The molecule has 1 amide bonds. The Morgan fingerprint density at radius 3 is 2.85 bits per heavy atom. The van der Waals surface area contributed by atoms with Gasteiger partial charge < -0.3 is 19.6 Å². The van der Waals surface area contributed by atoms with E-state index in [0.29, 0.717) is 13.0 Å². The second-order valence-electron chi connectivity index (χ2n) is 4.77. The van der Waals surface area contributed by atoms with Gasteiger partial charge in [-0.3, -0.25) is 0 Å². The van der Waals surface area contributed by atoms with Gasteiger partial charge in [0, 0.05) is 6.54 Å². The van der Waals surface area contributed by atoms with Crippen molar-refractivity contribution >= 4 is 6.09 Å². The summed E-state index contributed by atoms with van der Waals surface area (Å²) >= 11 is 0. The average molecular weight is 280 g/mol. The van der Waals surface area contributed by atoms with Crippen molar-refractivity contribution in [2.24, 2.45) is 0 Å². The fraction of sp³-hybridized carbons (Fsp3) is 0.500. The highest BCUT2D eigenvalue weighted by atomic mass is 16.6. The van der Waals surface area contributed by atoms with E-state index in [9.17, 15) is 9.90 Å². The molecule has 1 fully saturated rings. The standard InChI is InChI=1S/C14H20N2O4/c1-19-15-12-7-8-16(9-13(12)17)14(18)20-10-11-5-3-2-4-6-11/h2-6,12-13,15,17H,7-10H2,1H3/t12-,13-/m1/s1. The van der Waals surface area contributed by atoms with E-state index in [2.05, 4.69) is 5.48 Å². The van der Waals surface area contributed by atoms with Crippen LogP contribution in [0.3, 0.4) is 0 Å². The lowest BCUT2D eigenvalue weighted by molar-refractivity contribution is -0.0316. The van der Waals surface area contributed by atoms with Crippen molar-refractivity contribution in [3.8, 4) is 0 Å². The van der Waals surface area contributed by atoms with Crippen molar-refractivity contribution in [1.82, 2.24) is 10.4 Å².